The zero-order valence-electron chi connectivity index (χ0n) is 24.2. The van der Waals surface area contributed by atoms with Crippen molar-refractivity contribution in [1.29, 1.82) is 0 Å². The van der Waals surface area contributed by atoms with Crippen molar-refractivity contribution in [3.05, 3.63) is 149 Å². The van der Waals surface area contributed by atoms with E-state index >= 15 is 0 Å². The second-order valence-electron chi connectivity index (χ2n) is 11.0. The molecule has 0 aliphatic carbocycles. The van der Waals surface area contributed by atoms with Gasteiger partial charge in [-0.05, 0) is 59.7 Å². The summed E-state index contributed by atoms with van der Waals surface area (Å²) in [5, 5.41) is 7.30. The van der Waals surface area contributed by atoms with Crippen LogP contribution in [0.25, 0.3) is 6.08 Å². The van der Waals surface area contributed by atoms with E-state index < -0.39 is 0 Å². The lowest BCUT2D eigenvalue weighted by molar-refractivity contribution is -0.133. The van der Waals surface area contributed by atoms with Gasteiger partial charge in [-0.15, -0.1) is 0 Å². The van der Waals surface area contributed by atoms with Gasteiger partial charge in [0.1, 0.15) is 0 Å². The van der Waals surface area contributed by atoms with Crippen molar-refractivity contribution >= 4 is 29.5 Å². The summed E-state index contributed by atoms with van der Waals surface area (Å²) < 4.78 is 0. The number of amides is 2. The Hall–Kier alpha value is -4.19. The van der Waals surface area contributed by atoms with Crippen LogP contribution in [0.3, 0.4) is 0 Å². The van der Waals surface area contributed by atoms with Crippen LogP contribution in [0.1, 0.15) is 41.0 Å². The topological polar surface area (TPSA) is 61.4 Å². The second-order valence-corrected chi connectivity index (χ2v) is 11.5. The number of hydrogen-bond donors (Lipinski definition) is 2. The first-order chi connectivity index (χ1) is 21.0. The van der Waals surface area contributed by atoms with Crippen molar-refractivity contribution < 1.29 is 9.59 Å². The summed E-state index contributed by atoms with van der Waals surface area (Å²) in [6, 6.07) is 38.1. The van der Waals surface area contributed by atoms with Crippen LogP contribution < -0.4 is 10.6 Å². The Morgan fingerprint density at radius 3 is 2.12 bits per heavy atom. The summed E-state index contributed by atoms with van der Waals surface area (Å²) in [5.41, 5.74) is 4.49. The van der Waals surface area contributed by atoms with Crippen LogP contribution in [-0.4, -0.2) is 48.4 Å². The molecule has 220 valence electrons. The van der Waals surface area contributed by atoms with Crippen molar-refractivity contribution in [1.82, 2.24) is 15.5 Å². The summed E-state index contributed by atoms with van der Waals surface area (Å²) >= 11 is 5.97. The minimum Gasteiger partial charge on any atom is -0.351 e. The van der Waals surface area contributed by atoms with E-state index in [-0.39, 0.29) is 29.8 Å². The molecule has 43 heavy (non-hydrogen) atoms. The summed E-state index contributed by atoms with van der Waals surface area (Å²) in [6.07, 6.45) is 5.52. The summed E-state index contributed by atoms with van der Waals surface area (Å²) in [7, 11) is 0. The van der Waals surface area contributed by atoms with E-state index in [1.54, 1.807) is 18.2 Å². The van der Waals surface area contributed by atoms with Crippen molar-refractivity contribution in [2.24, 2.45) is 0 Å². The van der Waals surface area contributed by atoms with Gasteiger partial charge in [-0.3, -0.25) is 9.59 Å². The lowest BCUT2D eigenvalue weighted by atomic mass is 9.90. The average Bonchev–Trinajstić information content (AvgIpc) is 3.20. The highest BCUT2D eigenvalue weighted by Crippen LogP contribution is 2.27. The summed E-state index contributed by atoms with van der Waals surface area (Å²) in [6.45, 7) is 1.65. The minimum atomic E-state index is -0.346. The van der Waals surface area contributed by atoms with Crippen molar-refractivity contribution in [3.8, 4) is 0 Å². The first-order valence-corrected chi connectivity index (χ1v) is 15.3. The molecule has 2 atom stereocenters. The lowest BCUT2D eigenvalue weighted by Crippen LogP contribution is -2.49. The summed E-state index contributed by atoms with van der Waals surface area (Å²) in [4.78, 5) is 28.8. The Labute approximate surface area is 259 Å². The van der Waals surface area contributed by atoms with Crippen molar-refractivity contribution in [2.45, 2.75) is 37.3 Å². The van der Waals surface area contributed by atoms with Gasteiger partial charge in [-0.2, -0.15) is 0 Å². The molecule has 0 radical (unpaired) electrons. The van der Waals surface area contributed by atoms with E-state index in [2.05, 4.69) is 71.3 Å². The molecule has 5 nitrogen and oxygen atoms in total. The third-order valence-electron chi connectivity index (χ3n) is 7.99. The Kier molecular flexibility index (Phi) is 10.8. The molecular formula is C37H38ClN3O2. The van der Waals surface area contributed by atoms with Crippen molar-refractivity contribution in [3.63, 3.8) is 0 Å². The number of nitrogens with one attached hydrogen (secondary N) is 2. The Morgan fingerprint density at radius 2 is 1.49 bits per heavy atom. The Bertz CT molecular complexity index is 1440. The van der Waals surface area contributed by atoms with Gasteiger partial charge in [-0.1, -0.05) is 115 Å². The van der Waals surface area contributed by atoms with Crippen LogP contribution in [-0.2, 0) is 16.0 Å². The normalized spacial score (nSPS) is 17.3. The number of hydrogen-bond acceptors (Lipinski definition) is 3. The van der Waals surface area contributed by atoms with E-state index in [1.807, 2.05) is 47.4 Å². The van der Waals surface area contributed by atoms with Crippen molar-refractivity contribution in [2.75, 3.05) is 19.6 Å². The molecule has 1 heterocycles. The number of aryl methyl sites for hydroxylation is 1. The van der Waals surface area contributed by atoms with Gasteiger partial charge in [0, 0.05) is 42.7 Å². The molecule has 1 aliphatic heterocycles. The maximum atomic E-state index is 14.1. The third kappa shape index (κ3) is 8.90. The Balaban J connectivity index is 1.30. The van der Waals surface area contributed by atoms with E-state index in [9.17, 15) is 9.59 Å². The van der Waals surface area contributed by atoms with E-state index in [1.165, 1.54) is 22.8 Å². The highest BCUT2D eigenvalue weighted by molar-refractivity contribution is 6.30. The molecule has 5 rings (SSSR count). The number of rotatable bonds is 11. The molecule has 2 N–H and O–H groups in total. The molecule has 0 aromatic heterocycles. The smallest absolute Gasteiger partial charge is 0.244 e. The Morgan fingerprint density at radius 1 is 0.884 bits per heavy atom. The minimum absolute atomic E-state index is 0.0329. The van der Waals surface area contributed by atoms with Gasteiger partial charge in [0.25, 0.3) is 0 Å². The average molecular weight is 592 g/mol. The molecule has 1 fully saturated rings. The standard InChI is InChI=1S/C37H38ClN3O2/c38-32-20-16-29(17-21-32)19-23-36(42)39-26-33-24-25-41(37(43)35(40-33)22-18-28-10-4-1-5-11-28)27-34(30-12-6-2-7-13-30)31-14-8-3-9-15-31/h1-17,19-21,23,33-35,40H,18,22,24-27H2,(H,39,42)/b23-19+/t33-,35-/m0/s1. The molecule has 0 unspecified atom stereocenters. The van der Waals surface area contributed by atoms with Gasteiger partial charge in [-0.25, -0.2) is 0 Å². The number of carbonyl (C=O) groups is 2. The molecule has 4 aromatic rings. The molecule has 6 heteroatoms. The second kappa shape index (κ2) is 15.3. The molecule has 4 aromatic carbocycles. The molecule has 0 bridgehead atoms. The largest absolute Gasteiger partial charge is 0.351 e. The molecule has 1 saturated heterocycles. The van der Waals surface area contributed by atoms with E-state index in [4.69, 9.17) is 11.6 Å². The zero-order chi connectivity index (χ0) is 29.9. The van der Waals surface area contributed by atoms with Crippen LogP contribution >= 0.6 is 11.6 Å². The van der Waals surface area contributed by atoms with Gasteiger partial charge in [0.15, 0.2) is 0 Å². The zero-order valence-corrected chi connectivity index (χ0v) is 25.0. The van der Waals surface area contributed by atoms with Gasteiger partial charge in [0.05, 0.1) is 6.04 Å². The fourth-order valence-electron chi connectivity index (χ4n) is 5.61. The van der Waals surface area contributed by atoms with Crippen LogP contribution in [0.15, 0.2) is 121 Å². The third-order valence-corrected chi connectivity index (χ3v) is 8.24. The SMILES string of the molecule is O=C(/C=C/c1ccc(Cl)cc1)NC[C@@H]1CCN(CC(c2ccccc2)c2ccccc2)C(=O)[C@H](CCc2ccccc2)N1. The highest BCUT2D eigenvalue weighted by atomic mass is 35.5. The maximum absolute atomic E-state index is 14.1. The summed E-state index contributed by atoms with van der Waals surface area (Å²) in [5.74, 6) is 0.0119. The monoisotopic (exact) mass is 591 g/mol. The fraction of sp³-hybridized carbons (Fsp3) is 0.243. The number of benzene rings is 4. The van der Waals surface area contributed by atoms with Crippen LogP contribution in [0.2, 0.25) is 5.02 Å². The molecular weight excluding hydrogens is 554 g/mol. The van der Waals surface area contributed by atoms with Gasteiger partial charge in [0.2, 0.25) is 11.8 Å². The number of nitrogens with zero attached hydrogens (tertiary/aromatic N) is 1. The van der Waals surface area contributed by atoms with Gasteiger partial charge >= 0.3 is 0 Å². The fourth-order valence-corrected chi connectivity index (χ4v) is 5.73. The molecule has 0 saturated carbocycles. The van der Waals surface area contributed by atoms with Crippen LogP contribution in [0.4, 0.5) is 0 Å². The van der Waals surface area contributed by atoms with Crippen LogP contribution in [0, 0.1) is 0 Å². The van der Waals surface area contributed by atoms with E-state index in [0.717, 1.165) is 18.4 Å². The predicted molar refractivity (Wildman–Crippen MR) is 175 cm³/mol. The lowest BCUT2D eigenvalue weighted by Gasteiger charge is -2.29. The molecule has 0 spiro atoms. The maximum Gasteiger partial charge on any atom is 0.244 e. The number of carbonyl (C=O) groups excluding carboxylic acids is 2. The molecule has 2 amide bonds. The highest BCUT2D eigenvalue weighted by Gasteiger charge is 2.32. The van der Waals surface area contributed by atoms with Crippen LogP contribution in [0.5, 0.6) is 0 Å². The first kappa shape index (κ1) is 30.3. The first-order valence-electron chi connectivity index (χ1n) is 15.0. The quantitative estimate of drug-likeness (QED) is 0.196. The molecule has 1 aliphatic rings. The number of halogens is 1. The predicted octanol–water partition coefficient (Wildman–Crippen LogP) is 6.49. The van der Waals surface area contributed by atoms with E-state index in [0.29, 0.717) is 31.1 Å². The van der Waals surface area contributed by atoms with Gasteiger partial charge < -0.3 is 15.5 Å².